The molecule has 0 bridgehead atoms. The zero-order chi connectivity index (χ0) is 15.1. The van der Waals surface area contributed by atoms with Gasteiger partial charge in [-0.3, -0.25) is 15.0 Å². The van der Waals surface area contributed by atoms with E-state index in [1.807, 2.05) is 4.98 Å². The van der Waals surface area contributed by atoms with Crippen LogP contribution in [0.4, 0.5) is 0 Å². The summed E-state index contributed by atoms with van der Waals surface area (Å²) in [5, 5.41) is 35.5. The van der Waals surface area contributed by atoms with Crippen LogP contribution >= 0.6 is 0 Å². The minimum absolute atomic E-state index is 0.503. The summed E-state index contributed by atoms with van der Waals surface area (Å²) >= 11 is 0. The van der Waals surface area contributed by atoms with E-state index in [0.717, 1.165) is 0 Å². The van der Waals surface area contributed by atoms with E-state index < -0.39 is 55.2 Å². The number of hydrogen-bond donors (Lipinski definition) is 5. The number of aromatic amines is 1. The van der Waals surface area contributed by atoms with Crippen molar-refractivity contribution in [1.82, 2.24) is 14.5 Å². The Morgan fingerprint density at radius 1 is 1.67 bits per heavy atom. The molecule has 1 aliphatic rings. The van der Waals surface area contributed by atoms with E-state index in [2.05, 4.69) is 4.98 Å². The minimum atomic E-state index is -2.11. The fraction of sp³-hybridized carbons (Fsp3) is 0.667. The normalized spacial score (nSPS) is 37.4. The largest absolute Gasteiger partial charge is 0.394 e. The van der Waals surface area contributed by atoms with E-state index in [1.165, 1.54) is 0 Å². The van der Waals surface area contributed by atoms with Gasteiger partial charge in [0.15, 0.2) is 0 Å². The van der Waals surface area contributed by atoms with Gasteiger partial charge in [-0.1, -0.05) is 0 Å². The second-order valence-corrected chi connectivity index (χ2v) is 3.82. The van der Waals surface area contributed by atoms with Crippen molar-refractivity contribution in [2.24, 2.45) is 0 Å². The van der Waals surface area contributed by atoms with Gasteiger partial charge in [-0.2, -0.15) is 0 Å². The standard InChI is InChI=1S/C9H14N4O5/c10-8-11-3-13(9(17)12-8)1-4-6(15)7(16)5(2-14)18-4/h3-7,14-16H,1-2H2,(H2,10,12,17)/t4-,5+,6+,7?/m0/s1/i3D,4D. The fourth-order valence-electron chi connectivity index (χ4n) is 1.62. The zero-order valence-corrected chi connectivity index (χ0v) is 9.20. The van der Waals surface area contributed by atoms with E-state index in [9.17, 15) is 15.0 Å². The van der Waals surface area contributed by atoms with Crippen molar-refractivity contribution in [3.63, 3.8) is 0 Å². The first-order valence-electron chi connectivity index (χ1n) is 6.15. The van der Waals surface area contributed by atoms with E-state index in [4.69, 9.17) is 18.0 Å². The molecule has 1 saturated heterocycles. The molecule has 1 aromatic rings. The predicted molar refractivity (Wildman–Crippen MR) is 56.5 cm³/mol. The molecule has 0 radical (unpaired) electrons. The van der Waals surface area contributed by atoms with Gasteiger partial charge >= 0.3 is 5.69 Å². The van der Waals surface area contributed by atoms with Crippen LogP contribution in [-0.2, 0) is 11.3 Å². The molecule has 2 heterocycles. The van der Waals surface area contributed by atoms with Gasteiger partial charge in [0, 0.05) is 0 Å². The summed E-state index contributed by atoms with van der Waals surface area (Å²) in [6.07, 6.45) is -6.98. The number of rotatable bonds is 3. The third-order valence-electron chi connectivity index (χ3n) is 2.58. The van der Waals surface area contributed by atoms with Crippen LogP contribution in [-0.4, -0.2) is 60.9 Å². The first-order valence-corrected chi connectivity index (χ1v) is 5.15. The van der Waals surface area contributed by atoms with E-state index in [1.54, 1.807) is 0 Å². The number of hydrogen-bond acceptors (Lipinski definition) is 7. The maximum absolute atomic E-state index is 11.6. The molecule has 1 aliphatic heterocycles. The average Bonchev–Trinajstić information content (AvgIpc) is 2.59. The molecule has 2 rings (SSSR count). The number of aliphatic hydroxyl groups is 3. The Morgan fingerprint density at radius 2 is 2.39 bits per heavy atom. The van der Waals surface area contributed by atoms with Crippen LogP contribution < -0.4 is 11.3 Å². The number of H-pyrrole nitrogens is 1. The Labute approximate surface area is 104 Å². The highest BCUT2D eigenvalue weighted by atomic mass is 16.6. The Bertz CT molecular complexity index is 619. The molecule has 1 aromatic heterocycles. The van der Waals surface area contributed by atoms with Gasteiger partial charge in [0.1, 0.15) is 32.1 Å². The van der Waals surface area contributed by atoms with Gasteiger partial charge < -0.3 is 20.1 Å². The summed E-state index contributed by atoms with van der Waals surface area (Å²) < 4.78 is 21.2. The summed E-state index contributed by atoms with van der Waals surface area (Å²) in [5.74, 6) is 0. The monoisotopic (exact) mass is 260 g/mol. The van der Waals surface area contributed by atoms with Gasteiger partial charge in [-0.15, -0.1) is 0 Å². The van der Waals surface area contributed by atoms with Gasteiger partial charge in [0.25, 0.3) is 0 Å². The average molecular weight is 260 g/mol. The maximum atomic E-state index is 11.6. The molecule has 100 valence electrons. The molecule has 0 saturated carbocycles. The molecule has 4 atom stereocenters. The van der Waals surface area contributed by atoms with Crippen LogP contribution in [0.25, 0.3) is 0 Å². The van der Waals surface area contributed by atoms with E-state index >= 15 is 0 Å². The number of aliphatic hydroxyl groups excluding tert-OH is 3. The number of nitrogens with zero attached hydrogens (tertiary/aromatic N) is 2. The SMILES string of the molecule is [2H]c1nc(=N)[nH]c(=O)n1C[C@]1([2H])O[C@H](CO)C(O)[C@@H]1O. The first-order chi connectivity index (χ1) is 9.28. The highest BCUT2D eigenvalue weighted by Crippen LogP contribution is 2.21. The summed E-state index contributed by atoms with van der Waals surface area (Å²) in [7, 11) is 0. The quantitative estimate of drug-likeness (QED) is 0.382. The smallest absolute Gasteiger partial charge is 0.329 e. The van der Waals surface area contributed by atoms with Crippen LogP contribution in [0.2, 0.25) is 0 Å². The Kier molecular flexibility index (Phi) is 2.87. The van der Waals surface area contributed by atoms with Crippen molar-refractivity contribution in [2.75, 3.05) is 6.61 Å². The van der Waals surface area contributed by atoms with E-state index in [-0.39, 0.29) is 0 Å². The van der Waals surface area contributed by atoms with Crippen LogP contribution in [0, 0.1) is 5.41 Å². The van der Waals surface area contributed by atoms with Crippen molar-refractivity contribution >= 4 is 0 Å². The van der Waals surface area contributed by atoms with E-state index in [0.29, 0.717) is 4.57 Å². The van der Waals surface area contributed by atoms with Crippen LogP contribution in [0.1, 0.15) is 2.74 Å². The molecule has 0 amide bonds. The highest BCUT2D eigenvalue weighted by Gasteiger charge is 2.42. The molecule has 0 aliphatic carbocycles. The fourth-order valence-corrected chi connectivity index (χ4v) is 1.62. The number of aromatic nitrogens is 3. The van der Waals surface area contributed by atoms with Crippen LogP contribution in [0.3, 0.4) is 0 Å². The van der Waals surface area contributed by atoms with Crippen molar-refractivity contribution in [1.29, 1.82) is 5.41 Å². The number of nitrogens with one attached hydrogen (secondary N) is 2. The molecular weight excluding hydrogens is 244 g/mol. The van der Waals surface area contributed by atoms with Crippen LogP contribution in [0.5, 0.6) is 0 Å². The summed E-state index contributed by atoms with van der Waals surface area (Å²) in [6, 6.07) is 0. The second-order valence-electron chi connectivity index (χ2n) is 3.82. The Hall–Kier alpha value is -1.55. The lowest BCUT2D eigenvalue weighted by Gasteiger charge is -2.15. The molecule has 5 N–H and O–H groups in total. The van der Waals surface area contributed by atoms with Crippen LogP contribution in [0.15, 0.2) is 11.1 Å². The lowest BCUT2D eigenvalue weighted by atomic mass is 10.1. The highest BCUT2D eigenvalue weighted by molar-refractivity contribution is 4.90. The zero-order valence-electron chi connectivity index (χ0n) is 11.2. The van der Waals surface area contributed by atoms with Gasteiger partial charge in [0.05, 0.1) is 14.5 Å². The lowest BCUT2D eigenvalue weighted by Crippen LogP contribution is -2.39. The minimum Gasteiger partial charge on any atom is -0.394 e. The Morgan fingerprint density at radius 3 is 2.94 bits per heavy atom. The van der Waals surface area contributed by atoms with Gasteiger partial charge in [-0.25, -0.2) is 9.78 Å². The predicted octanol–water partition coefficient (Wildman–Crippen LogP) is -3.47. The molecule has 9 nitrogen and oxygen atoms in total. The second kappa shape index (κ2) is 4.98. The lowest BCUT2D eigenvalue weighted by molar-refractivity contribution is -0.0270. The topological polar surface area (TPSA) is 144 Å². The molecule has 0 spiro atoms. The molecule has 1 fully saturated rings. The van der Waals surface area contributed by atoms with Crippen molar-refractivity contribution < 1.29 is 22.8 Å². The first kappa shape index (κ1) is 10.4. The van der Waals surface area contributed by atoms with Crippen molar-refractivity contribution in [3.05, 3.63) is 22.4 Å². The molecule has 18 heavy (non-hydrogen) atoms. The maximum Gasteiger partial charge on any atom is 0.329 e. The van der Waals surface area contributed by atoms with Crippen molar-refractivity contribution in [2.45, 2.75) is 30.9 Å². The third kappa shape index (κ3) is 2.34. The number of ether oxygens (including phenoxy) is 1. The van der Waals surface area contributed by atoms with Gasteiger partial charge in [-0.05, 0) is 0 Å². The summed E-state index contributed by atoms with van der Waals surface area (Å²) in [4.78, 5) is 17.1. The van der Waals surface area contributed by atoms with Crippen molar-refractivity contribution in [3.8, 4) is 0 Å². The van der Waals surface area contributed by atoms with Gasteiger partial charge in [0.2, 0.25) is 5.62 Å². The third-order valence-corrected chi connectivity index (χ3v) is 2.58. The molecule has 1 unspecified atom stereocenters. The Balaban J connectivity index is 2.35. The molecule has 9 heteroatoms. The summed E-state index contributed by atoms with van der Waals surface area (Å²) in [6.45, 7) is -1.18. The molecule has 0 aromatic carbocycles. The summed E-state index contributed by atoms with van der Waals surface area (Å²) in [5.41, 5.74) is -1.36. The molecular formula is C9H14N4O5.